The Labute approximate surface area is 192 Å². The van der Waals surface area contributed by atoms with Gasteiger partial charge in [0.25, 0.3) is 5.91 Å². The molecule has 0 saturated heterocycles. The second-order valence-electron chi connectivity index (χ2n) is 8.88. The van der Waals surface area contributed by atoms with Crippen molar-refractivity contribution in [2.75, 3.05) is 6.61 Å². The first-order chi connectivity index (χ1) is 15.4. The van der Waals surface area contributed by atoms with Gasteiger partial charge in [0.1, 0.15) is 17.7 Å². The molecule has 0 radical (unpaired) electrons. The predicted molar refractivity (Wildman–Crippen MR) is 124 cm³/mol. The van der Waals surface area contributed by atoms with E-state index in [1.165, 1.54) is 57.8 Å². The van der Waals surface area contributed by atoms with Gasteiger partial charge in [-0.15, -0.1) is 0 Å². The van der Waals surface area contributed by atoms with Crippen LogP contribution in [0.4, 0.5) is 8.78 Å². The van der Waals surface area contributed by atoms with Crippen LogP contribution in [0.3, 0.4) is 0 Å². The summed E-state index contributed by atoms with van der Waals surface area (Å²) >= 11 is 0. The maximum atomic E-state index is 13.8. The molecule has 0 aliphatic heterocycles. The Bertz CT molecular complexity index is 679. The molecule has 0 aromatic heterocycles. The van der Waals surface area contributed by atoms with E-state index in [0.717, 1.165) is 31.4 Å². The summed E-state index contributed by atoms with van der Waals surface area (Å²) in [4.78, 5) is 24.7. The van der Waals surface area contributed by atoms with Crippen LogP contribution in [0, 0.1) is 17.6 Å². The van der Waals surface area contributed by atoms with Gasteiger partial charge in [-0.2, -0.15) is 0 Å². The maximum absolute atomic E-state index is 13.8. The van der Waals surface area contributed by atoms with Gasteiger partial charge in [0, 0.05) is 6.07 Å². The number of unbranched alkanes of at least 4 members (excludes halogenated alkanes) is 11. The van der Waals surface area contributed by atoms with Gasteiger partial charge in [-0.3, -0.25) is 4.79 Å². The fourth-order valence-electron chi connectivity index (χ4n) is 3.60. The molecule has 0 aliphatic rings. The lowest BCUT2D eigenvalue weighted by atomic mass is 10.0. The SMILES string of the molecule is CCCCCCCCCCCCCCOC(=O)C(NC(=O)c1ccc(F)cc1F)C(C)C. The molecule has 0 saturated carbocycles. The maximum Gasteiger partial charge on any atom is 0.328 e. The molecule has 4 nitrogen and oxygen atoms in total. The van der Waals surface area contributed by atoms with Crippen molar-refractivity contribution in [2.45, 2.75) is 104 Å². The number of carbonyl (C=O) groups excluding carboxylic acids is 2. The molecule has 1 aromatic carbocycles. The van der Waals surface area contributed by atoms with Crippen molar-refractivity contribution in [2.24, 2.45) is 5.92 Å². The van der Waals surface area contributed by atoms with E-state index in [2.05, 4.69) is 12.2 Å². The molecule has 0 fully saturated rings. The van der Waals surface area contributed by atoms with Crippen LogP contribution in [0.15, 0.2) is 18.2 Å². The molecular weight excluding hydrogens is 412 g/mol. The van der Waals surface area contributed by atoms with Crippen LogP contribution in [0.5, 0.6) is 0 Å². The number of ether oxygens (including phenoxy) is 1. The van der Waals surface area contributed by atoms with E-state index in [1.54, 1.807) is 13.8 Å². The molecule has 1 N–H and O–H groups in total. The van der Waals surface area contributed by atoms with Gasteiger partial charge in [0.2, 0.25) is 0 Å². The number of halogens is 2. The van der Waals surface area contributed by atoms with Crippen LogP contribution >= 0.6 is 0 Å². The highest BCUT2D eigenvalue weighted by molar-refractivity contribution is 5.97. The zero-order chi connectivity index (χ0) is 23.8. The zero-order valence-electron chi connectivity index (χ0n) is 20.1. The number of carbonyl (C=O) groups is 2. The number of amides is 1. The van der Waals surface area contributed by atoms with Crippen molar-refractivity contribution in [3.63, 3.8) is 0 Å². The summed E-state index contributed by atoms with van der Waals surface area (Å²) in [6.45, 7) is 6.09. The quantitative estimate of drug-likeness (QED) is 0.205. The van der Waals surface area contributed by atoms with E-state index in [1.807, 2.05) is 0 Å². The number of esters is 1. The molecule has 0 heterocycles. The molecule has 32 heavy (non-hydrogen) atoms. The fourth-order valence-corrected chi connectivity index (χ4v) is 3.60. The first-order valence-corrected chi connectivity index (χ1v) is 12.3. The van der Waals surface area contributed by atoms with Crippen LogP contribution in [0.25, 0.3) is 0 Å². The van der Waals surface area contributed by atoms with E-state index in [9.17, 15) is 18.4 Å². The predicted octanol–water partition coefficient (Wildman–Crippen LogP) is 6.96. The summed E-state index contributed by atoms with van der Waals surface area (Å²) in [6, 6.07) is 1.83. The Morgan fingerprint density at radius 3 is 1.91 bits per heavy atom. The number of hydrogen-bond acceptors (Lipinski definition) is 3. The Balaban J connectivity index is 2.21. The van der Waals surface area contributed by atoms with Gasteiger partial charge >= 0.3 is 5.97 Å². The standard InChI is InChI=1S/C26H41F2NO3/c1-4-5-6-7-8-9-10-11-12-13-14-15-18-32-26(31)24(20(2)3)29-25(30)22-17-16-21(27)19-23(22)28/h16-17,19-20,24H,4-15,18H2,1-3H3,(H,29,30). The van der Waals surface area contributed by atoms with Crippen LogP contribution in [0.1, 0.15) is 108 Å². The third-order valence-corrected chi connectivity index (χ3v) is 5.63. The minimum absolute atomic E-state index is 0.225. The van der Waals surface area contributed by atoms with Gasteiger partial charge < -0.3 is 10.1 Å². The molecule has 0 aliphatic carbocycles. The lowest BCUT2D eigenvalue weighted by Crippen LogP contribution is -2.45. The van der Waals surface area contributed by atoms with Gasteiger partial charge in [-0.25, -0.2) is 13.6 Å². The Kier molecular flexibility index (Phi) is 14.6. The smallest absolute Gasteiger partial charge is 0.328 e. The van der Waals surface area contributed by atoms with E-state index in [-0.39, 0.29) is 11.5 Å². The highest BCUT2D eigenvalue weighted by Gasteiger charge is 2.27. The van der Waals surface area contributed by atoms with Crippen molar-refractivity contribution < 1.29 is 23.1 Å². The molecule has 1 aromatic rings. The van der Waals surface area contributed by atoms with Crippen molar-refractivity contribution >= 4 is 11.9 Å². The van der Waals surface area contributed by atoms with E-state index >= 15 is 0 Å². The molecule has 182 valence electrons. The molecule has 1 amide bonds. The molecule has 1 unspecified atom stereocenters. The summed E-state index contributed by atoms with van der Waals surface area (Å²) in [5.41, 5.74) is -0.300. The third kappa shape index (κ3) is 11.6. The van der Waals surface area contributed by atoms with Crippen molar-refractivity contribution in [1.29, 1.82) is 0 Å². The summed E-state index contributed by atoms with van der Waals surface area (Å²) < 4.78 is 32.2. The summed E-state index contributed by atoms with van der Waals surface area (Å²) in [5.74, 6) is -3.24. The minimum Gasteiger partial charge on any atom is -0.464 e. The van der Waals surface area contributed by atoms with Crippen LogP contribution in [-0.4, -0.2) is 24.5 Å². The van der Waals surface area contributed by atoms with E-state index in [0.29, 0.717) is 12.7 Å². The number of benzene rings is 1. The lowest BCUT2D eigenvalue weighted by molar-refractivity contribution is -0.147. The van der Waals surface area contributed by atoms with Crippen molar-refractivity contribution in [3.05, 3.63) is 35.4 Å². The Morgan fingerprint density at radius 1 is 0.875 bits per heavy atom. The van der Waals surface area contributed by atoms with Crippen LogP contribution in [-0.2, 0) is 9.53 Å². The Morgan fingerprint density at radius 2 is 1.41 bits per heavy atom. The second-order valence-corrected chi connectivity index (χ2v) is 8.88. The third-order valence-electron chi connectivity index (χ3n) is 5.63. The monoisotopic (exact) mass is 453 g/mol. The summed E-state index contributed by atoms with van der Waals surface area (Å²) in [7, 11) is 0. The summed E-state index contributed by atoms with van der Waals surface area (Å²) in [5, 5.41) is 2.51. The second kappa shape index (κ2) is 16.6. The zero-order valence-corrected chi connectivity index (χ0v) is 20.1. The van der Waals surface area contributed by atoms with Crippen molar-refractivity contribution in [3.8, 4) is 0 Å². The molecule has 0 spiro atoms. The number of nitrogens with one attached hydrogen (secondary N) is 1. The topological polar surface area (TPSA) is 55.4 Å². The molecule has 6 heteroatoms. The number of rotatable bonds is 17. The van der Waals surface area contributed by atoms with Crippen LogP contribution < -0.4 is 5.32 Å². The number of hydrogen-bond donors (Lipinski definition) is 1. The van der Waals surface area contributed by atoms with E-state index in [4.69, 9.17) is 4.74 Å². The first kappa shape index (κ1) is 28.1. The Hall–Kier alpha value is -1.98. The fraction of sp³-hybridized carbons (Fsp3) is 0.692. The molecule has 1 atom stereocenters. The molecule has 0 bridgehead atoms. The van der Waals surface area contributed by atoms with Gasteiger partial charge in [-0.1, -0.05) is 91.4 Å². The van der Waals surface area contributed by atoms with Crippen molar-refractivity contribution in [1.82, 2.24) is 5.32 Å². The minimum atomic E-state index is -0.963. The molecule has 1 rings (SSSR count). The lowest BCUT2D eigenvalue weighted by Gasteiger charge is -2.21. The highest BCUT2D eigenvalue weighted by Crippen LogP contribution is 2.14. The normalized spacial score (nSPS) is 12.1. The average molecular weight is 454 g/mol. The van der Waals surface area contributed by atoms with Gasteiger partial charge in [0.05, 0.1) is 12.2 Å². The van der Waals surface area contributed by atoms with Gasteiger partial charge in [-0.05, 0) is 24.5 Å². The highest BCUT2D eigenvalue weighted by atomic mass is 19.1. The van der Waals surface area contributed by atoms with E-state index < -0.39 is 29.6 Å². The first-order valence-electron chi connectivity index (χ1n) is 12.3. The summed E-state index contributed by atoms with van der Waals surface area (Å²) in [6.07, 6.45) is 14.7. The largest absolute Gasteiger partial charge is 0.464 e. The van der Waals surface area contributed by atoms with Crippen LogP contribution in [0.2, 0.25) is 0 Å². The molecular formula is C26H41F2NO3. The van der Waals surface area contributed by atoms with Gasteiger partial charge in [0.15, 0.2) is 0 Å². The average Bonchev–Trinajstić information content (AvgIpc) is 2.74.